The molecule has 0 unspecified atom stereocenters. The Morgan fingerprint density at radius 2 is 1.72 bits per heavy atom. The second-order valence-electron chi connectivity index (χ2n) is 8.16. The zero-order valence-corrected chi connectivity index (χ0v) is 18.1. The number of amides is 1. The highest BCUT2D eigenvalue weighted by atomic mass is 35.5. The summed E-state index contributed by atoms with van der Waals surface area (Å²) in [6.45, 7) is 0.484. The molecule has 0 saturated heterocycles. The Kier molecular flexibility index (Phi) is 5.24. The van der Waals surface area contributed by atoms with Crippen molar-refractivity contribution in [2.45, 2.75) is 18.4 Å². The molecular weight excluding hydrogens is 426 g/mol. The van der Waals surface area contributed by atoms with E-state index in [1.807, 2.05) is 24.3 Å². The van der Waals surface area contributed by atoms with E-state index in [9.17, 15) is 14.7 Å². The number of carbonyl (C=O) groups excluding carboxylic acids is 2. The van der Waals surface area contributed by atoms with Gasteiger partial charge in [-0.1, -0.05) is 54.1 Å². The van der Waals surface area contributed by atoms with Crippen molar-refractivity contribution in [3.8, 4) is 5.75 Å². The van der Waals surface area contributed by atoms with Crippen LogP contribution in [-0.4, -0.2) is 29.9 Å². The van der Waals surface area contributed by atoms with Gasteiger partial charge in [0, 0.05) is 16.1 Å². The Labute approximate surface area is 191 Å². The van der Waals surface area contributed by atoms with Crippen LogP contribution < -0.4 is 9.64 Å². The van der Waals surface area contributed by atoms with Crippen molar-refractivity contribution in [2.24, 2.45) is 5.92 Å². The molecule has 0 radical (unpaired) electrons. The predicted molar refractivity (Wildman–Crippen MR) is 122 cm³/mol. The highest BCUT2D eigenvalue weighted by molar-refractivity contribution is 6.30. The van der Waals surface area contributed by atoms with Crippen LogP contribution in [0.2, 0.25) is 5.02 Å². The zero-order valence-electron chi connectivity index (χ0n) is 17.3. The molecule has 0 aromatic heterocycles. The first-order chi connectivity index (χ1) is 15.5. The van der Waals surface area contributed by atoms with Gasteiger partial charge < -0.3 is 14.7 Å². The first-order valence-electron chi connectivity index (χ1n) is 10.6. The van der Waals surface area contributed by atoms with Crippen LogP contribution in [0.5, 0.6) is 5.75 Å². The molecule has 1 aliphatic heterocycles. The number of aryl methyl sites for hydroxylation is 1. The van der Waals surface area contributed by atoms with Crippen LogP contribution in [-0.2, 0) is 16.8 Å². The number of benzene rings is 3. The van der Waals surface area contributed by atoms with Gasteiger partial charge in [-0.25, -0.2) is 0 Å². The maximum absolute atomic E-state index is 13.6. The highest BCUT2D eigenvalue weighted by Gasteiger charge is 2.57. The molecule has 5 nitrogen and oxygen atoms in total. The molecule has 0 saturated carbocycles. The van der Waals surface area contributed by atoms with Gasteiger partial charge in [0.05, 0.1) is 18.2 Å². The number of aliphatic hydroxyl groups is 1. The van der Waals surface area contributed by atoms with Crippen molar-refractivity contribution in [3.63, 3.8) is 0 Å². The molecule has 6 heteroatoms. The van der Waals surface area contributed by atoms with E-state index in [-0.39, 0.29) is 18.9 Å². The minimum Gasteiger partial charge on any atom is -0.492 e. The second kappa shape index (κ2) is 8.08. The van der Waals surface area contributed by atoms with Crippen LogP contribution in [0.3, 0.4) is 0 Å². The fraction of sp³-hybridized carbons (Fsp3) is 0.231. The number of para-hydroxylation sites is 1. The number of carbonyl (C=O) groups is 2. The van der Waals surface area contributed by atoms with Gasteiger partial charge in [-0.3, -0.25) is 9.59 Å². The minimum atomic E-state index is -1.89. The Morgan fingerprint density at radius 1 is 1.00 bits per heavy atom. The predicted octanol–water partition coefficient (Wildman–Crippen LogP) is 4.40. The number of halogens is 1. The molecule has 2 aliphatic rings. The van der Waals surface area contributed by atoms with Crippen molar-refractivity contribution in [2.75, 3.05) is 18.1 Å². The summed E-state index contributed by atoms with van der Waals surface area (Å²) in [6.07, 6.45) is 1.06. The summed E-state index contributed by atoms with van der Waals surface area (Å²) in [5.41, 5.74) is 0.762. The summed E-state index contributed by atoms with van der Waals surface area (Å²) in [5, 5.41) is 12.4. The van der Waals surface area contributed by atoms with Crippen LogP contribution >= 0.6 is 11.6 Å². The lowest BCUT2D eigenvalue weighted by Crippen LogP contribution is -2.50. The lowest BCUT2D eigenvalue weighted by Gasteiger charge is -2.34. The molecule has 32 heavy (non-hydrogen) atoms. The van der Waals surface area contributed by atoms with Gasteiger partial charge in [0.1, 0.15) is 12.4 Å². The summed E-state index contributed by atoms with van der Waals surface area (Å²) in [4.78, 5) is 28.4. The van der Waals surface area contributed by atoms with Gasteiger partial charge in [0.15, 0.2) is 11.4 Å². The van der Waals surface area contributed by atoms with Crippen LogP contribution in [0.15, 0.2) is 72.8 Å². The molecule has 0 fully saturated rings. The molecule has 162 valence electrons. The largest absolute Gasteiger partial charge is 0.492 e. The molecule has 3 aromatic carbocycles. The third-order valence-corrected chi connectivity index (χ3v) is 6.63. The summed E-state index contributed by atoms with van der Waals surface area (Å²) in [7, 11) is 0. The Bertz CT molecular complexity index is 1190. The number of nitrogens with zero attached hydrogens (tertiary/aromatic N) is 1. The third kappa shape index (κ3) is 3.29. The van der Waals surface area contributed by atoms with Crippen molar-refractivity contribution in [1.29, 1.82) is 0 Å². The van der Waals surface area contributed by atoms with Gasteiger partial charge in [0.25, 0.3) is 5.91 Å². The van der Waals surface area contributed by atoms with Crippen molar-refractivity contribution in [3.05, 3.63) is 94.5 Å². The number of ether oxygens (including phenoxy) is 1. The smallest absolute Gasteiger partial charge is 0.264 e. The number of Topliss-reactive ketones (excluding diaryl/α,β-unsaturated/α-hetero) is 1. The standard InChI is InChI=1S/C26H22ClNO4/c27-18-10-12-19(13-11-18)32-16-15-28-23-8-4-3-7-21(23)26(31,25(28)30)22-14-9-17-5-1-2-6-20(17)24(22)29/h1-8,10-13,22,31H,9,14-16H2/t22-,26+/m1/s1. The molecule has 1 aliphatic carbocycles. The number of anilines is 1. The van der Waals surface area contributed by atoms with Crippen LogP contribution in [0.4, 0.5) is 5.69 Å². The van der Waals surface area contributed by atoms with Gasteiger partial charge >= 0.3 is 0 Å². The van der Waals surface area contributed by atoms with Crippen molar-refractivity contribution >= 4 is 29.0 Å². The number of hydrogen-bond donors (Lipinski definition) is 1. The normalized spacial score (nSPS) is 21.9. The van der Waals surface area contributed by atoms with E-state index in [0.29, 0.717) is 40.4 Å². The molecule has 1 heterocycles. The first-order valence-corrected chi connectivity index (χ1v) is 11.0. The van der Waals surface area contributed by atoms with Gasteiger partial charge in [-0.05, 0) is 48.7 Å². The Morgan fingerprint density at radius 3 is 2.53 bits per heavy atom. The molecule has 3 aromatic rings. The SMILES string of the molecule is O=C1c2ccccc2CC[C@H]1[C@]1(O)C(=O)N(CCOc2ccc(Cl)cc2)c2ccccc21. The summed E-state index contributed by atoms with van der Waals surface area (Å²) < 4.78 is 5.77. The van der Waals surface area contributed by atoms with E-state index in [2.05, 4.69) is 0 Å². The van der Waals surface area contributed by atoms with Crippen LogP contribution in [0, 0.1) is 5.92 Å². The van der Waals surface area contributed by atoms with E-state index < -0.39 is 17.4 Å². The quantitative estimate of drug-likeness (QED) is 0.629. The van der Waals surface area contributed by atoms with Crippen LogP contribution in [0.25, 0.3) is 0 Å². The lowest BCUT2D eigenvalue weighted by atomic mass is 9.71. The molecule has 1 N–H and O–H groups in total. The maximum Gasteiger partial charge on any atom is 0.264 e. The van der Waals surface area contributed by atoms with Crippen molar-refractivity contribution in [1.82, 2.24) is 0 Å². The summed E-state index contributed by atoms with van der Waals surface area (Å²) in [5.74, 6) is -0.843. The molecule has 0 spiro atoms. The fourth-order valence-electron chi connectivity index (χ4n) is 4.80. The van der Waals surface area contributed by atoms with E-state index in [1.165, 1.54) is 4.90 Å². The first kappa shape index (κ1) is 20.7. The average Bonchev–Trinajstić information content (AvgIpc) is 3.03. The molecule has 5 rings (SSSR count). The average molecular weight is 448 g/mol. The zero-order chi connectivity index (χ0) is 22.3. The van der Waals surface area contributed by atoms with Crippen LogP contribution in [0.1, 0.15) is 27.9 Å². The number of hydrogen-bond acceptors (Lipinski definition) is 4. The van der Waals surface area contributed by atoms with Gasteiger partial charge in [-0.2, -0.15) is 0 Å². The monoisotopic (exact) mass is 447 g/mol. The highest BCUT2D eigenvalue weighted by Crippen LogP contribution is 2.48. The summed E-state index contributed by atoms with van der Waals surface area (Å²) in [6, 6.07) is 21.6. The fourth-order valence-corrected chi connectivity index (χ4v) is 4.93. The Hall–Kier alpha value is -3.15. The number of fused-ring (bicyclic) bond motifs is 2. The van der Waals surface area contributed by atoms with E-state index in [4.69, 9.17) is 16.3 Å². The van der Waals surface area contributed by atoms with Gasteiger partial charge in [-0.15, -0.1) is 0 Å². The number of ketones is 1. The van der Waals surface area contributed by atoms with E-state index >= 15 is 0 Å². The molecule has 0 bridgehead atoms. The third-order valence-electron chi connectivity index (χ3n) is 6.38. The number of rotatable bonds is 5. The summed E-state index contributed by atoms with van der Waals surface area (Å²) >= 11 is 5.91. The van der Waals surface area contributed by atoms with E-state index in [1.54, 1.807) is 48.5 Å². The van der Waals surface area contributed by atoms with Crippen molar-refractivity contribution < 1.29 is 19.4 Å². The second-order valence-corrected chi connectivity index (χ2v) is 8.59. The van der Waals surface area contributed by atoms with Gasteiger partial charge in [0.2, 0.25) is 0 Å². The molecule has 2 atom stereocenters. The Balaban J connectivity index is 1.42. The molecule has 1 amide bonds. The topological polar surface area (TPSA) is 66.8 Å². The van der Waals surface area contributed by atoms with E-state index in [0.717, 1.165) is 5.56 Å². The lowest BCUT2D eigenvalue weighted by molar-refractivity contribution is -0.140. The molecular formula is C26H22ClNO4. The minimum absolute atomic E-state index is 0.184. The maximum atomic E-state index is 13.6.